The minimum absolute atomic E-state index is 0.749. The van der Waals surface area contributed by atoms with Gasteiger partial charge in [0.2, 0.25) is 0 Å². The van der Waals surface area contributed by atoms with Gasteiger partial charge in [-0.25, -0.2) is 0 Å². The van der Waals surface area contributed by atoms with Crippen molar-refractivity contribution in [2.24, 2.45) is 4.99 Å². The number of halogens is 1. The van der Waals surface area contributed by atoms with Gasteiger partial charge < -0.3 is 9.64 Å². The number of benzene rings is 2. The Morgan fingerprint density at radius 1 is 1.04 bits per heavy atom. The van der Waals surface area contributed by atoms with Gasteiger partial charge in [-0.1, -0.05) is 23.7 Å². The second kappa shape index (κ2) is 7.16. The molecule has 3 rings (SSSR count). The van der Waals surface area contributed by atoms with E-state index in [0.29, 0.717) is 0 Å². The zero-order chi connectivity index (χ0) is 16.2. The Morgan fingerprint density at radius 2 is 1.83 bits per heavy atom. The van der Waals surface area contributed by atoms with Crippen molar-refractivity contribution >= 4 is 29.2 Å². The lowest BCUT2D eigenvalue weighted by atomic mass is 10.1. The Balaban J connectivity index is 1.77. The molecule has 2 aromatic carbocycles. The standard InChI is InChI=1S/C19H21ClN2O/c1-14-3-5-17(12-19(14)20)21-13-16-4-6-18(11-15(16)2)22-7-9-23-10-8-22/h3-6,11-13H,7-10H2,1-2H3. The highest BCUT2D eigenvalue weighted by Crippen LogP contribution is 2.23. The van der Waals surface area contributed by atoms with E-state index in [1.807, 2.05) is 31.3 Å². The lowest BCUT2D eigenvalue weighted by Crippen LogP contribution is -2.36. The Labute approximate surface area is 142 Å². The van der Waals surface area contributed by atoms with Crippen molar-refractivity contribution in [1.29, 1.82) is 0 Å². The maximum Gasteiger partial charge on any atom is 0.0644 e. The second-order valence-electron chi connectivity index (χ2n) is 5.83. The highest BCUT2D eigenvalue weighted by atomic mass is 35.5. The first-order chi connectivity index (χ1) is 11.1. The normalized spacial score (nSPS) is 15.3. The van der Waals surface area contributed by atoms with E-state index in [1.54, 1.807) is 0 Å². The third-order valence-electron chi connectivity index (χ3n) is 4.14. The first kappa shape index (κ1) is 16.0. The zero-order valence-corrected chi connectivity index (χ0v) is 14.3. The molecule has 0 atom stereocenters. The lowest BCUT2D eigenvalue weighted by molar-refractivity contribution is 0.122. The fourth-order valence-corrected chi connectivity index (χ4v) is 2.80. The Bertz CT molecular complexity index is 721. The largest absolute Gasteiger partial charge is 0.378 e. The molecule has 0 aromatic heterocycles. The highest BCUT2D eigenvalue weighted by molar-refractivity contribution is 6.31. The summed E-state index contributed by atoms with van der Waals surface area (Å²) in [5.74, 6) is 0. The summed E-state index contributed by atoms with van der Waals surface area (Å²) in [6.07, 6.45) is 1.90. The molecule has 0 bridgehead atoms. The van der Waals surface area contributed by atoms with Crippen LogP contribution in [0.5, 0.6) is 0 Å². The molecule has 1 saturated heterocycles. The van der Waals surface area contributed by atoms with Crippen LogP contribution in [-0.2, 0) is 4.74 Å². The van der Waals surface area contributed by atoms with Gasteiger partial charge in [-0.15, -0.1) is 0 Å². The third kappa shape index (κ3) is 3.92. The van der Waals surface area contributed by atoms with Crippen molar-refractivity contribution in [2.75, 3.05) is 31.2 Å². The number of nitrogens with zero attached hydrogens (tertiary/aromatic N) is 2. The van der Waals surface area contributed by atoms with Crippen LogP contribution in [0.3, 0.4) is 0 Å². The van der Waals surface area contributed by atoms with Crippen molar-refractivity contribution in [2.45, 2.75) is 13.8 Å². The molecule has 4 heteroatoms. The topological polar surface area (TPSA) is 24.8 Å². The maximum atomic E-state index is 6.14. The number of ether oxygens (including phenoxy) is 1. The molecule has 0 radical (unpaired) electrons. The molecule has 0 unspecified atom stereocenters. The first-order valence-corrected chi connectivity index (χ1v) is 8.25. The summed E-state index contributed by atoms with van der Waals surface area (Å²) < 4.78 is 5.41. The molecule has 2 aromatic rings. The molecule has 0 saturated carbocycles. The van der Waals surface area contributed by atoms with E-state index in [2.05, 4.69) is 35.0 Å². The molecular weight excluding hydrogens is 308 g/mol. The van der Waals surface area contributed by atoms with E-state index in [0.717, 1.165) is 48.1 Å². The molecule has 0 spiro atoms. The molecule has 3 nitrogen and oxygen atoms in total. The monoisotopic (exact) mass is 328 g/mol. The number of anilines is 1. The van der Waals surface area contributed by atoms with Crippen LogP contribution in [0.25, 0.3) is 0 Å². The van der Waals surface area contributed by atoms with E-state index in [9.17, 15) is 0 Å². The molecule has 0 N–H and O–H groups in total. The van der Waals surface area contributed by atoms with Crippen molar-refractivity contribution in [3.8, 4) is 0 Å². The number of aryl methyl sites for hydroxylation is 2. The van der Waals surface area contributed by atoms with E-state index < -0.39 is 0 Å². The number of aliphatic imine (C=N–C) groups is 1. The molecule has 1 fully saturated rings. The Hall–Kier alpha value is -1.84. The van der Waals surface area contributed by atoms with Crippen LogP contribution < -0.4 is 4.90 Å². The van der Waals surface area contributed by atoms with Gasteiger partial charge in [0.1, 0.15) is 0 Å². The molecule has 1 aliphatic rings. The Morgan fingerprint density at radius 3 is 2.52 bits per heavy atom. The molecule has 1 heterocycles. The summed E-state index contributed by atoms with van der Waals surface area (Å²) in [5, 5.41) is 0.749. The summed E-state index contributed by atoms with van der Waals surface area (Å²) >= 11 is 6.14. The quantitative estimate of drug-likeness (QED) is 0.772. The minimum Gasteiger partial charge on any atom is -0.378 e. The van der Waals surface area contributed by atoms with Crippen LogP contribution in [0, 0.1) is 13.8 Å². The summed E-state index contributed by atoms with van der Waals surface area (Å²) in [6, 6.07) is 12.4. The van der Waals surface area contributed by atoms with Gasteiger partial charge >= 0.3 is 0 Å². The summed E-state index contributed by atoms with van der Waals surface area (Å²) in [4.78, 5) is 6.90. The molecule has 1 aliphatic heterocycles. The van der Waals surface area contributed by atoms with Crippen LogP contribution in [-0.4, -0.2) is 32.5 Å². The molecule has 0 amide bonds. The van der Waals surface area contributed by atoms with Crippen LogP contribution in [0.1, 0.15) is 16.7 Å². The van der Waals surface area contributed by atoms with Crippen LogP contribution in [0.2, 0.25) is 5.02 Å². The maximum absolute atomic E-state index is 6.14. The lowest BCUT2D eigenvalue weighted by Gasteiger charge is -2.29. The van der Waals surface area contributed by atoms with Gasteiger partial charge in [-0.2, -0.15) is 0 Å². The summed E-state index contributed by atoms with van der Waals surface area (Å²) in [6.45, 7) is 7.62. The van der Waals surface area contributed by atoms with Crippen LogP contribution >= 0.6 is 11.6 Å². The SMILES string of the molecule is Cc1ccc(N=Cc2ccc(N3CCOCC3)cc2C)cc1Cl. The first-order valence-electron chi connectivity index (χ1n) is 7.87. The average Bonchev–Trinajstić information content (AvgIpc) is 2.57. The van der Waals surface area contributed by atoms with E-state index >= 15 is 0 Å². The molecule has 120 valence electrons. The van der Waals surface area contributed by atoms with Gasteiger partial charge in [0, 0.05) is 30.0 Å². The molecular formula is C19H21ClN2O. The molecule has 0 aliphatic carbocycles. The van der Waals surface area contributed by atoms with E-state index in [4.69, 9.17) is 16.3 Å². The smallest absolute Gasteiger partial charge is 0.0644 e. The molecule has 23 heavy (non-hydrogen) atoms. The summed E-state index contributed by atoms with van der Waals surface area (Å²) in [7, 11) is 0. The predicted octanol–water partition coefficient (Wildman–Crippen LogP) is 4.54. The number of hydrogen-bond donors (Lipinski definition) is 0. The fraction of sp³-hybridized carbons (Fsp3) is 0.316. The average molecular weight is 329 g/mol. The van der Waals surface area contributed by atoms with Crippen molar-refractivity contribution in [3.05, 3.63) is 58.1 Å². The Kier molecular flexibility index (Phi) is 4.99. The van der Waals surface area contributed by atoms with E-state index in [-0.39, 0.29) is 0 Å². The number of rotatable bonds is 3. The minimum atomic E-state index is 0.749. The fourth-order valence-electron chi connectivity index (χ4n) is 2.63. The number of hydrogen-bond acceptors (Lipinski definition) is 3. The van der Waals surface area contributed by atoms with Crippen LogP contribution in [0.4, 0.5) is 11.4 Å². The second-order valence-corrected chi connectivity index (χ2v) is 6.24. The van der Waals surface area contributed by atoms with Crippen molar-refractivity contribution in [1.82, 2.24) is 0 Å². The van der Waals surface area contributed by atoms with Gasteiger partial charge in [0.05, 0.1) is 18.9 Å². The van der Waals surface area contributed by atoms with Crippen molar-refractivity contribution < 1.29 is 4.74 Å². The van der Waals surface area contributed by atoms with Gasteiger partial charge in [-0.05, 0) is 54.8 Å². The third-order valence-corrected chi connectivity index (χ3v) is 4.54. The van der Waals surface area contributed by atoms with E-state index in [1.165, 1.54) is 11.3 Å². The highest BCUT2D eigenvalue weighted by Gasteiger charge is 2.11. The van der Waals surface area contributed by atoms with Gasteiger partial charge in [-0.3, -0.25) is 4.99 Å². The zero-order valence-electron chi connectivity index (χ0n) is 13.6. The summed E-state index contributed by atoms with van der Waals surface area (Å²) in [5.41, 5.74) is 5.53. The predicted molar refractivity (Wildman–Crippen MR) is 97.7 cm³/mol. The van der Waals surface area contributed by atoms with Gasteiger partial charge in [0.15, 0.2) is 0 Å². The van der Waals surface area contributed by atoms with Gasteiger partial charge in [0.25, 0.3) is 0 Å². The van der Waals surface area contributed by atoms with Crippen LogP contribution in [0.15, 0.2) is 41.4 Å². The van der Waals surface area contributed by atoms with Crippen molar-refractivity contribution in [3.63, 3.8) is 0 Å². The number of morpholine rings is 1.